The van der Waals surface area contributed by atoms with Crippen LogP contribution in [-0.2, 0) is 16.4 Å². The summed E-state index contributed by atoms with van der Waals surface area (Å²) < 4.78 is 18.2. The zero-order valence-electron chi connectivity index (χ0n) is 11.4. The van der Waals surface area contributed by atoms with E-state index in [1.807, 2.05) is 43.3 Å². The molecule has 0 saturated heterocycles. The summed E-state index contributed by atoms with van der Waals surface area (Å²) in [6.07, 6.45) is 0. The molecule has 1 heterocycles. The summed E-state index contributed by atoms with van der Waals surface area (Å²) in [6.45, 7) is 3.63. The maximum atomic E-state index is 12.5. The van der Waals surface area contributed by atoms with Gasteiger partial charge in [-0.25, -0.2) is 0 Å². The summed E-state index contributed by atoms with van der Waals surface area (Å²) in [5.41, 5.74) is -0.282. The smallest absolute Gasteiger partial charge is 0.210 e. The summed E-state index contributed by atoms with van der Waals surface area (Å²) in [4.78, 5) is 0.643. The first kappa shape index (κ1) is 13.3. The van der Waals surface area contributed by atoms with Crippen molar-refractivity contribution < 1.29 is 14.1 Å². The highest BCUT2D eigenvalue weighted by atomic mass is 32.2. The van der Waals surface area contributed by atoms with Crippen LogP contribution in [0.4, 0.5) is 0 Å². The lowest BCUT2D eigenvalue weighted by Crippen LogP contribution is -2.41. The molecule has 0 saturated carbocycles. The molecule has 0 bridgehead atoms. The lowest BCUT2D eigenvalue weighted by atomic mass is 9.96. The maximum absolute atomic E-state index is 12.5. The van der Waals surface area contributed by atoms with Crippen LogP contribution in [-0.4, -0.2) is 14.8 Å². The van der Waals surface area contributed by atoms with Crippen molar-refractivity contribution in [3.63, 3.8) is 0 Å². The highest BCUT2D eigenvalue weighted by Gasteiger charge is 2.45. The topological polar surface area (TPSA) is 46.5 Å². The standard InChI is InChI=1S/C16H16O3S/c1-11-7-9-12(10-8-11)16(2,17)15-19-13-5-3-4-6-14(13)20(15)18/h3-10,15,17H,1-2H3/t15-,16+,20?/m1/s1. The minimum absolute atomic E-state index is 0.586. The Morgan fingerprint density at radius 3 is 2.45 bits per heavy atom. The normalized spacial score (nSPS) is 23.8. The minimum atomic E-state index is -1.38. The van der Waals surface area contributed by atoms with Gasteiger partial charge in [0.05, 0.1) is 4.90 Å². The molecule has 1 aliphatic rings. The van der Waals surface area contributed by atoms with E-state index >= 15 is 0 Å². The van der Waals surface area contributed by atoms with Gasteiger partial charge >= 0.3 is 0 Å². The van der Waals surface area contributed by atoms with Crippen LogP contribution in [0.1, 0.15) is 18.1 Å². The van der Waals surface area contributed by atoms with Crippen LogP contribution in [0.2, 0.25) is 0 Å². The second-order valence-corrected chi connectivity index (χ2v) is 6.67. The summed E-state index contributed by atoms with van der Waals surface area (Å²) in [7, 11) is -1.38. The molecular weight excluding hydrogens is 272 g/mol. The summed E-state index contributed by atoms with van der Waals surface area (Å²) in [5, 5.41) is 10.8. The van der Waals surface area contributed by atoms with E-state index in [-0.39, 0.29) is 0 Å². The molecule has 3 rings (SSSR count). The minimum Gasteiger partial charge on any atom is -0.472 e. The van der Waals surface area contributed by atoms with Crippen LogP contribution in [0.25, 0.3) is 0 Å². The number of benzene rings is 2. The highest BCUT2D eigenvalue weighted by Crippen LogP contribution is 2.40. The Morgan fingerprint density at radius 1 is 1.15 bits per heavy atom. The van der Waals surface area contributed by atoms with Crippen LogP contribution >= 0.6 is 0 Å². The molecule has 4 heteroatoms. The zero-order valence-corrected chi connectivity index (χ0v) is 12.2. The van der Waals surface area contributed by atoms with Crippen molar-refractivity contribution in [2.24, 2.45) is 0 Å². The molecule has 104 valence electrons. The summed E-state index contributed by atoms with van der Waals surface area (Å²) in [6, 6.07) is 14.7. The van der Waals surface area contributed by atoms with Crippen LogP contribution < -0.4 is 4.74 Å². The average Bonchev–Trinajstić information content (AvgIpc) is 2.78. The van der Waals surface area contributed by atoms with Crippen molar-refractivity contribution in [3.05, 3.63) is 59.7 Å². The molecule has 0 radical (unpaired) electrons. The molecule has 1 N–H and O–H groups in total. The number of aliphatic hydroxyl groups is 1. The first-order valence-corrected chi connectivity index (χ1v) is 7.67. The first-order chi connectivity index (χ1) is 9.50. The number of hydrogen-bond donors (Lipinski definition) is 1. The Kier molecular flexibility index (Phi) is 3.15. The third-order valence-electron chi connectivity index (χ3n) is 3.59. The second kappa shape index (κ2) is 4.72. The Morgan fingerprint density at radius 2 is 1.80 bits per heavy atom. The van der Waals surface area contributed by atoms with Crippen LogP contribution in [0.5, 0.6) is 5.75 Å². The van der Waals surface area contributed by atoms with Crippen LogP contribution in [0.3, 0.4) is 0 Å². The molecule has 3 nitrogen and oxygen atoms in total. The van der Waals surface area contributed by atoms with Gasteiger partial charge in [-0.1, -0.05) is 42.0 Å². The molecule has 0 aromatic heterocycles. The van der Waals surface area contributed by atoms with Gasteiger partial charge in [0.2, 0.25) is 5.44 Å². The number of fused-ring (bicyclic) bond motifs is 1. The molecule has 2 aromatic carbocycles. The molecule has 0 aliphatic carbocycles. The number of hydrogen-bond acceptors (Lipinski definition) is 3. The molecule has 0 fully saturated rings. The van der Waals surface area contributed by atoms with Gasteiger partial charge in [0.15, 0.2) is 0 Å². The van der Waals surface area contributed by atoms with E-state index in [2.05, 4.69) is 0 Å². The van der Waals surface area contributed by atoms with Crippen molar-refractivity contribution in [2.75, 3.05) is 0 Å². The van der Waals surface area contributed by atoms with E-state index in [4.69, 9.17) is 4.74 Å². The van der Waals surface area contributed by atoms with Gasteiger partial charge in [0.25, 0.3) is 0 Å². The van der Waals surface area contributed by atoms with Crippen molar-refractivity contribution >= 4 is 10.8 Å². The Balaban J connectivity index is 1.98. The van der Waals surface area contributed by atoms with Gasteiger partial charge < -0.3 is 9.84 Å². The van der Waals surface area contributed by atoms with Gasteiger partial charge in [0, 0.05) is 0 Å². The van der Waals surface area contributed by atoms with Crippen LogP contribution in [0, 0.1) is 6.92 Å². The molecule has 0 amide bonds. The SMILES string of the molecule is Cc1ccc([C@](C)(O)[C@@H]2Oc3ccccc3S2=O)cc1. The Labute approximate surface area is 120 Å². The molecular formula is C16H16O3S. The third kappa shape index (κ3) is 2.05. The summed E-state index contributed by atoms with van der Waals surface area (Å²) in [5.74, 6) is 0.586. The van der Waals surface area contributed by atoms with Gasteiger partial charge in [-0.2, -0.15) is 0 Å². The van der Waals surface area contributed by atoms with E-state index in [9.17, 15) is 9.32 Å². The lowest BCUT2D eigenvalue weighted by Gasteiger charge is -2.28. The fourth-order valence-electron chi connectivity index (χ4n) is 2.34. The predicted octanol–water partition coefficient (Wildman–Crippen LogP) is 2.73. The van der Waals surface area contributed by atoms with Crippen LogP contribution in [0.15, 0.2) is 53.4 Å². The van der Waals surface area contributed by atoms with Crippen molar-refractivity contribution in [1.29, 1.82) is 0 Å². The van der Waals surface area contributed by atoms with E-state index < -0.39 is 21.8 Å². The highest BCUT2D eigenvalue weighted by molar-refractivity contribution is 7.86. The third-order valence-corrected chi connectivity index (χ3v) is 5.30. The van der Waals surface area contributed by atoms with Gasteiger partial charge in [-0.3, -0.25) is 4.21 Å². The van der Waals surface area contributed by atoms with Gasteiger partial charge in [-0.15, -0.1) is 0 Å². The van der Waals surface area contributed by atoms with E-state index in [0.717, 1.165) is 5.56 Å². The lowest BCUT2D eigenvalue weighted by molar-refractivity contribution is -0.00945. The van der Waals surface area contributed by atoms with Crippen molar-refractivity contribution in [3.8, 4) is 5.75 Å². The maximum Gasteiger partial charge on any atom is 0.210 e. The Bertz CT molecular complexity index is 662. The molecule has 1 unspecified atom stereocenters. The van der Waals surface area contributed by atoms with E-state index in [1.165, 1.54) is 0 Å². The zero-order chi connectivity index (χ0) is 14.3. The fraction of sp³-hybridized carbons (Fsp3) is 0.250. The Hall–Kier alpha value is -1.65. The first-order valence-electron chi connectivity index (χ1n) is 6.46. The van der Waals surface area contributed by atoms with E-state index in [1.54, 1.807) is 19.1 Å². The quantitative estimate of drug-likeness (QED) is 0.924. The van der Waals surface area contributed by atoms with Crippen molar-refractivity contribution in [1.82, 2.24) is 0 Å². The fourth-order valence-corrected chi connectivity index (χ4v) is 3.84. The number of aryl methyl sites for hydroxylation is 1. The molecule has 1 aliphatic heterocycles. The number of rotatable bonds is 2. The molecule has 2 aromatic rings. The van der Waals surface area contributed by atoms with Gasteiger partial charge in [-0.05, 0) is 31.5 Å². The number of para-hydroxylation sites is 1. The second-order valence-electron chi connectivity index (χ2n) is 5.21. The van der Waals surface area contributed by atoms with Gasteiger partial charge in [0.1, 0.15) is 22.2 Å². The number of ether oxygens (including phenoxy) is 1. The largest absolute Gasteiger partial charge is 0.472 e. The van der Waals surface area contributed by atoms with E-state index in [0.29, 0.717) is 16.2 Å². The average molecular weight is 288 g/mol. The summed E-state index contributed by atoms with van der Waals surface area (Å²) >= 11 is 0. The van der Waals surface area contributed by atoms with Crippen molar-refractivity contribution in [2.45, 2.75) is 29.8 Å². The predicted molar refractivity (Wildman–Crippen MR) is 78.0 cm³/mol. The monoisotopic (exact) mass is 288 g/mol. The molecule has 3 atom stereocenters. The molecule has 20 heavy (non-hydrogen) atoms. The molecule has 0 spiro atoms.